The van der Waals surface area contributed by atoms with Gasteiger partial charge in [-0.25, -0.2) is 0 Å². The molecule has 0 aliphatic rings. The summed E-state index contributed by atoms with van der Waals surface area (Å²) in [6.07, 6.45) is 1.97. The van der Waals surface area contributed by atoms with Crippen LogP contribution in [0.15, 0.2) is 30.5 Å². The average molecular weight is 241 g/mol. The number of fused-ring (bicyclic) bond motifs is 1. The summed E-state index contributed by atoms with van der Waals surface area (Å²) < 4.78 is 4.97. The molecule has 1 aromatic carbocycles. The van der Waals surface area contributed by atoms with E-state index in [0.717, 1.165) is 19.7 Å². The van der Waals surface area contributed by atoms with Gasteiger partial charge in [0.25, 0.3) is 0 Å². The summed E-state index contributed by atoms with van der Waals surface area (Å²) in [6.45, 7) is 2.54. The summed E-state index contributed by atoms with van der Waals surface area (Å²) in [6, 6.07) is 8.54. The van der Waals surface area contributed by atoms with Crippen molar-refractivity contribution in [1.29, 1.82) is 0 Å². The highest BCUT2D eigenvalue weighted by Crippen LogP contribution is 2.13. The lowest BCUT2D eigenvalue weighted by Gasteiger charge is -2.04. The number of methoxy groups -OCH3 is 1. The van der Waals surface area contributed by atoms with Gasteiger partial charge in [-0.1, -0.05) is 6.07 Å². The minimum Gasteiger partial charge on any atom is -0.383 e. The molecule has 0 saturated heterocycles. The summed E-state index contributed by atoms with van der Waals surface area (Å²) in [5.41, 5.74) is 2.49. The Hall–Kier alpha value is -1.03. The van der Waals surface area contributed by atoms with Gasteiger partial charge in [-0.2, -0.15) is 0 Å². The molecule has 3 nitrogen and oxygen atoms in total. The maximum absolute atomic E-state index is 4.97. The lowest BCUT2D eigenvalue weighted by atomic mass is 10.1. The Kier molecular flexibility index (Phi) is 5.32. The van der Waals surface area contributed by atoms with Crippen LogP contribution in [0.4, 0.5) is 0 Å². The van der Waals surface area contributed by atoms with E-state index in [1.54, 1.807) is 7.11 Å². The largest absolute Gasteiger partial charge is 0.383 e. The number of aromatic amines is 1. The van der Waals surface area contributed by atoms with Gasteiger partial charge in [0.1, 0.15) is 0 Å². The first-order valence-corrected chi connectivity index (χ1v) is 5.16. The van der Waals surface area contributed by atoms with Gasteiger partial charge in [0.2, 0.25) is 0 Å². The topological polar surface area (TPSA) is 37.0 Å². The molecule has 0 saturated carbocycles. The first-order chi connectivity index (χ1) is 7.40. The number of H-pyrrole nitrogens is 1. The molecule has 0 bridgehead atoms. The zero-order valence-electron chi connectivity index (χ0n) is 9.32. The van der Waals surface area contributed by atoms with Crippen LogP contribution in [0.3, 0.4) is 0 Å². The van der Waals surface area contributed by atoms with Crippen molar-refractivity contribution in [2.75, 3.05) is 20.3 Å². The van der Waals surface area contributed by atoms with Gasteiger partial charge in [0, 0.05) is 31.9 Å². The third kappa shape index (κ3) is 3.23. The SMILES string of the molecule is COCCNCc1ccc2[nH]ccc2c1.Cl. The minimum absolute atomic E-state index is 0. The number of nitrogens with one attached hydrogen (secondary N) is 2. The molecular weight excluding hydrogens is 224 g/mol. The quantitative estimate of drug-likeness (QED) is 0.788. The molecule has 0 spiro atoms. The summed E-state index contributed by atoms with van der Waals surface area (Å²) >= 11 is 0. The molecule has 2 rings (SSSR count). The van der Waals surface area contributed by atoms with Gasteiger partial charge in [-0.3, -0.25) is 0 Å². The van der Waals surface area contributed by atoms with Crippen molar-refractivity contribution in [2.24, 2.45) is 0 Å². The van der Waals surface area contributed by atoms with Gasteiger partial charge in [-0.05, 0) is 29.1 Å². The Balaban J connectivity index is 0.00000128. The van der Waals surface area contributed by atoms with Gasteiger partial charge < -0.3 is 15.0 Å². The molecule has 0 amide bonds. The third-order valence-electron chi connectivity index (χ3n) is 2.43. The standard InChI is InChI=1S/C12H16N2O.ClH/c1-15-7-6-13-9-10-2-3-12-11(8-10)4-5-14-12;/h2-5,8,13-14H,6-7,9H2,1H3;1H. The number of ether oxygens (including phenoxy) is 1. The van der Waals surface area contributed by atoms with E-state index in [1.165, 1.54) is 16.5 Å². The zero-order valence-corrected chi connectivity index (χ0v) is 10.1. The van der Waals surface area contributed by atoms with E-state index in [-0.39, 0.29) is 12.4 Å². The van der Waals surface area contributed by atoms with Gasteiger partial charge >= 0.3 is 0 Å². The van der Waals surface area contributed by atoms with Crippen LogP contribution in [0, 0.1) is 0 Å². The van der Waals surface area contributed by atoms with Crippen molar-refractivity contribution in [2.45, 2.75) is 6.54 Å². The Morgan fingerprint density at radius 1 is 1.31 bits per heavy atom. The number of aromatic nitrogens is 1. The lowest BCUT2D eigenvalue weighted by molar-refractivity contribution is 0.199. The molecule has 2 aromatic rings. The van der Waals surface area contributed by atoms with E-state index >= 15 is 0 Å². The van der Waals surface area contributed by atoms with E-state index in [9.17, 15) is 0 Å². The second-order valence-corrected chi connectivity index (χ2v) is 3.57. The van der Waals surface area contributed by atoms with Crippen LogP contribution in [0.1, 0.15) is 5.56 Å². The number of hydrogen-bond donors (Lipinski definition) is 2. The van der Waals surface area contributed by atoms with E-state index in [0.29, 0.717) is 0 Å². The number of halogens is 1. The average Bonchev–Trinajstić information content (AvgIpc) is 2.71. The monoisotopic (exact) mass is 240 g/mol. The van der Waals surface area contributed by atoms with Crippen molar-refractivity contribution < 1.29 is 4.74 Å². The third-order valence-corrected chi connectivity index (χ3v) is 2.43. The van der Waals surface area contributed by atoms with Gasteiger partial charge in [0.05, 0.1) is 6.61 Å². The summed E-state index contributed by atoms with van der Waals surface area (Å²) in [4.78, 5) is 3.18. The maximum atomic E-state index is 4.97. The Bertz CT molecular complexity index is 428. The van der Waals surface area contributed by atoms with Crippen LogP contribution in [-0.2, 0) is 11.3 Å². The van der Waals surface area contributed by atoms with Crippen LogP contribution in [0.25, 0.3) is 10.9 Å². The second-order valence-electron chi connectivity index (χ2n) is 3.57. The highest BCUT2D eigenvalue weighted by atomic mass is 35.5. The normalized spacial score (nSPS) is 10.3. The molecule has 0 aliphatic heterocycles. The van der Waals surface area contributed by atoms with Crippen LogP contribution in [-0.4, -0.2) is 25.2 Å². The molecule has 0 fully saturated rings. The molecular formula is C12H17ClN2O. The summed E-state index contributed by atoms with van der Waals surface area (Å²) in [5.74, 6) is 0. The Morgan fingerprint density at radius 2 is 2.19 bits per heavy atom. The predicted molar refractivity (Wildman–Crippen MR) is 69.1 cm³/mol. The number of hydrogen-bond acceptors (Lipinski definition) is 2. The second kappa shape index (κ2) is 6.53. The van der Waals surface area contributed by atoms with E-state index in [4.69, 9.17) is 4.74 Å². The molecule has 88 valence electrons. The van der Waals surface area contributed by atoms with Crippen molar-refractivity contribution in [3.05, 3.63) is 36.0 Å². The predicted octanol–water partition coefficient (Wildman–Crippen LogP) is 2.33. The van der Waals surface area contributed by atoms with Gasteiger partial charge in [0.15, 0.2) is 0 Å². The van der Waals surface area contributed by atoms with Crippen molar-refractivity contribution in [3.8, 4) is 0 Å². The Labute approximate surface area is 102 Å². The fourth-order valence-electron chi connectivity index (χ4n) is 1.62. The molecule has 16 heavy (non-hydrogen) atoms. The van der Waals surface area contributed by atoms with Crippen molar-refractivity contribution in [3.63, 3.8) is 0 Å². The minimum atomic E-state index is 0. The molecule has 1 aromatic heterocycles. The molecule has 0 aliphatic carbocycles. The number of benzene rings is 1. The van der Waals surface area contributed by atoms with Crippen molar-refractivity contribution in [1.82, 2.24) is 10.3 Å². The van der Waals surface area contributed by atoms with Crippen LogP contribution in [0.5, 0.6) is 0 Å². The van der Waals surface area contributed by atoms with Crippen LogP contribution >= 0.6 is 12.4 Å². The van der Waals surface area contributed by atoms with Crippen molar-refractivity contribution >= 4 is 23.3 Å². The molecule has 4 heteroatoms. The molecule has 2 N–H and O–H groups in total. The highest BCUT2D eigenvalue weighted by Gasteiger charge is 1.96. The van der Waals surface area contributed by atoms with Crippen LogP contribution in [0.2, 0.25) is 0 Å². The maximum Gasteiger partial charge on any atom is 0.0587 e. The highest BCUT2D eigenvalue weighted by molar-refractivity contribution is 5.85. The number of rotatable bonds is 5. The smallest absolute Gasteiger partial charge is 0.0587 e. The van der Waals surface area contributed by atoms with Gasteiger partial charge in [-0.15, -0.1) is 12.4 Å². The fourth-order valence-corrected chi connectivity index (χ4v) is 1.62. The molecule has 0 unspecified atom stereocenters. The first kappa shape index (κ1) is 13.0. The molecule has 1 heterocycles. The Morgan fingerprint density at radius 3 is 3.00 bits per heavy atom. The fraction of sp³-hybridized carbons (Fsp3) is 0.333. The zero-order chi connectivity index (χ0) is 10.5. The first-order valence-electron chi connectivity index (χ1n) is 5.16. The summed E-state index contributed by atoms with van der Waals surface area (Å²) in [7, 11) is 1.72. The van der Waals surface area contributed by atoms with E-state index < -0.39 is 0 Å². The summed E-state index contributed by atoms with van der Waals surface area (Å²) in [5, 5.41) is 4.59. The molecule has 0 radical (unpaired) electrons. The van der Waals surface area contributed by atoms with E-state index in [1.807, 2.05) is 6.20 Å². The molecule has 0 atom stereocenters. The van der Waals surface area contributed by atoms with E-state index in [2.05, 4.69) is 34.6 Å². The lowest BCUT2D eigenvalue weighted by Crippen LogP contribution is -2.18. The van der Waals surface area contributed by atoms with Crippen LogP contribution < -0.4 is 5.32 Å².